The number of nitrogens with one attached hydrogen (secondary N) is 5. The van der Waals surface area contributed by atoms with Gasteiger partial charge in [0.2, 0.25) is 23.6 Å². The topological polar surface area (TPSA) is 181 Å². The van der Waals surface area contributed by atoms with Gasteiger partial charge >= 0.3 is 12.1 Å². The normalized spacial score (nSPS) is 18.0. The van der Waals surface area contributed by atoms with Crippen molar-refractivity contribution in [2.24, 2.45) is 5.92 Å². The van der Waals surface area contributed by atoms with Crippen molar-refractivity contribution in [2.45, 2.75) is 106 Å². The quantitative estimate of drug-likeness (QED) is 0.0214. The fraction of sp³-hybridized carbons (Fsp3) is 0.333. The molecule has 4 atom stereocenters. The van der Waals surface area contributed by atoms with Crippen LogP contribution in [0.1, 0.15) is 100 Å². The largest absolute Gasteiger partial charge is 0.456 e. The van der Waals surface area contributed by atoms with Crippen molar-refractivity contribution in [3.05, 3.63) is 228 Å². The lowest BCUT2D eigenvalue weighted by Crippen LogP contribution is -2.59. The number of alkyl carbamates (subject to hydrolysis) is 1. The van der Waals surface area contributed by atoms with E-state index in [0.717, 1.165) is 33.4 Å². The molecule has 1 aliphatic heterocycles. The first-order chi connectivity index (χ1) is 39.1. The molecule has 5 amide bonds. The minimum atomic E-state index is -1.24. The molecule has 0 bridgehead atoms. The van der Waals surface area contributed by atoms with E-state index in [1.165, 1.54) is 11.8 Å². The summed E-state index contributed by atoms with van der Waals surface area (Å²) < 4.78 is 9.88. The molecule has 1 heterocycles. The second-order valence-corrected chi connectivity index (χ2v) is 23.8. The minimum absolute atomic E-state index is 0.0177. The fourth-order valence-electron chi connectivity index (χ4n) is 9.83. The number of ether oxygens (including phenoxy) is 2. The van der Waals surface area contributed by atoms with Crippen molar-refractivity contribution >= 4 is 59.2 Å². The van der Waals surface area contributed by atoms with Gasteiger partial charge in [-0.3, -0.25) is 24.0 Å². The van der Waals surface area contributed by atoms with Crippen molar-refractivity contribution in [3.63, 3.8) is 0 Å². The van der Waals surface area contributed by atoms with Crippen LogP contribution in [0.25, 0.3) is 0 Å². The molecule has 0 radical (unpaired) electrons. The van der Waals surface area contributed by atoms with E-state index in [4.69, 9.17) is 9.47 Å². The lowest BCUT2D eigenvalue weighted by molar-refractivity contribution is -0.148. The number of carbonyl (C=O) groups excluding carboxylic acids is 6. The number of hydrogen-bond acceptors (Lipinski definition) is 10. The number of thioether (sulfide) groups is 2. The standard InChI is InChI=1S/C66H75N5O8S2/c1-47(2)59-62(76)68-45-58(73)78-54(40-25-27-43-80-65(48-28-12-6-13-29-48,49-30-14-7-15-31-49)50-32-16-8-17-33-50)44-57(72)69-55(41-24-26-42-67-63(77)79-64(3,4)5)60(74)70-56(61(75)71-59)46-81-66(51-34-18-9-19-35-51,52-36-20-10-21-37-52)53-38-22-11-23-39-53/h6-23,25,28-40,47,54-56,59H,24,26-27,41-46H2,1-5H3,(H,67,77)(H,68,76)(H,69,72)(H,70,74)(H,71,75)/t54-,55-,56-,59-/m1/s1. The van der Waals surface area contributed by atoms with Crippen LogP contribution in [-0.4, -0.2) is 90.1 Å². The van der Waals surface area contributed by atoms with Crippen LogP contribution in [0.4, 0.5) is 4.79 Å². The summed E-state index contributed by atoms with van der Waals surface area (Å²) in [5.74, 6) is -3.06. The average Bonchev–Trinajstić information content (AvgIpc) is 3.56. The van der Waals surface area contributed by atoms with Crippen LogP contribution in [0.3, 0.4) is 0 Å². The Hall–Kier alpha value is -7.62. The molecule has 6 aromatic carbocycles. The van der Waals surface area contributed by atoms with Crippen LogP contribution < -0.4 is 26.6 Å². The summed E-state index contributed by atoms with van der Waals surface area (Å²) in [4.78, 5) is 84.4. The average molecular weight is 1130 g/mol. The van der Waals surface area contributed by atoms with E-state index in [-0.39, 0.29) is 25.1 Å². The third-order valence-electron chi connectivity index (χ3n) is 13.7. The molecule has 1 fully saturated rings. The van der Waals surface area contributed by atoms with Gasteiger partial charge < -0.3 is 36.1 Å². The summed E-state index contributed by atoms with van der Waals surface area (Å²) in [6.07, 6.45) is 3.01. The highest BCUT2D eigenvalue weighted by atomic mass is 32.2. The molecule has 7 rings (SSSR count). The van der Waals surface area contributed by atoms with Gasteiger partial charge in [0, 0.05) is 12.3 Å². The first-order valence-corrected chi connectivity index (χ1v) is 29.7. The van der Waals surface area contributed by atoms with E-state index in [1.807, 2.05) is 152 Å². The Bertz CT molecular complexity index is 2810. The van der Waals surface area contributed by atoms with Gasteiger partial charge in [-0.2, -0.15) is 0 Å². The minimum Gasteiger partial charge on any atom is -0.456 e. The number of esters is 1. The van der Waals surface area contributed by atoms with Gasteiger partial charge in [-0.15, -0.1) is 23.5 Å². The number of allylic oxidation sites excluding steroid dienone is 1. The van der Waals surface area contributed by atoms with E-state index in [0.29, 0.717) is 25.0 Å². The maximum absolute atomic E-state index is 14.9. The highest BCUT2D eigenvalue weighted by Crippen LogP contribution is 2.50. The zero-order valence-electron chi connectivity index (χ0n) is 46.8. The Kier molecular flexibility index (Phi) is 22.4. The Morgan fingerprint density at radius 1 is 0.605 bits per heavy atom. The van der Waals surface area contributed by atoms with Gasteiger partial charge in [0.15, 0.2) is 0 Å². The van der Waals surface area contributed by atoms with Gasteiger partial charge in [-0.25, -0.2) is 4.79 Å². The van der Waals surface area contributed by atoms with Gasteiger partial charge in [-0.05, 0) is 97.6 Å². The third kappa shape index (κ3) is 17.0. The van der Waals surface area contributed by atoms with Crippen molar-refractivity contribution in [1.29, 1.82) is 0 Å². The Morgan fingerprint density at radius 3 is 1.49 bits per heavy atom. The molecule has 424 valence electrons. The Balaban J connectivity index is 1.18. The number of amides is 5. The molecule has 0 unspecified atom stereocenters. The number of unbranched alkanes of at least 4 members (excludes halogenated alkanes) is 1. The molecule has 0 aromatic heterocycles. The lowest BCUT2D eigenvalue weighted by Gasteiger charge is -2.37. The third-order valence-corrected chi connectivity index (χ3v) is 16.9. The van der Waals surface area contributed by atoms with E-state index < -0.39 is 87.5 Å². The summed E-state index contributed by atoms with van der Waals surface area (Å²) in [5.41, 5.74) is 5.45. The molecular formula is C66H75N5O8S2. The predicted molar refractivity (Wildman–Crippen MR) is 323 cm³/mol. The number of carbonyl (C=O) groups is 6. The highest BCUT2D eigenvalue weighted by molar-refractivity contribution is 8.00. The fourth-order valence-corrected chi connectivity index (χ4v) is 12.9. The van der Waals surface area contributed by atoms with Crippen molar-refractivity contribution in [1.82, 2.24) is 26.6 Å². The Labute approximate surface area is 485 Å². The van der Waals surface area contributed by atoms with E-state index in [2.05, 4.69) is 63.0 Å². The second kappa shape index (κ2) is 29.7. The van der Waals surface area contributed by atoms with Gasteiger partial charge in [-0.1, -0.05) is 202 Å². The summed E-state index contributed by atoms with van der Waals surface area (Å²) >= 11 is 3.23. The Morgan fingerprint density at radius 2 is 1.05 bits per heavy atom. The van der Waals surface area contributed by atoms with Gasteiger partial charge in [0.1, 0.15) is 36.4 Å². The molecule has 0 saturated carbocycles. The smallest absolute Gasteiger partial charge is 0.407 e. The molecule has 1 saturated heterocycles. The molecule has 15 heteroatoms. The van der Waals surface area contributed by atoms with E-state index in [9.17, 15) is 28.8 Å². The second-order valence-electron chi connectivity index (χ2n) is 21.2. The predicted octanol–water partition coefficient (Wildman–Crippen LogP) is 10.6. The van der Waals surface area contributed by atoms with E-state index in [1.54, 1.807) is 52.5 Å². The first kappa shape index (κ1) is 61.0. The zero-order chi connectivity index (χ0) is 57.7. The summed E-state index contributed by atoms with van der Waals surface area (Å²) in [6.45, 7) is 8.58. The van der Waals surface area contributed by atoms with Crippen LogP contribution in [0.5, 0.6) is 0 Å². The maximum Gasteiger partial charge on any atom is 0.407 e. The number of hydrogen-bond donors (Lipinski definition) is 5. The molecule has 0 aliphatic carbocycles. The van der Waals surface area contributed by atoms with Crippen LogP contribution in [0.15, 0.2) is 194 Å². The monoisotopic (exact) mass is 1130 g/mol. The first-order valence-electron chi connectivity index (χ1n) is 27.7. The van der Waals surface area contributed by atoms with Gasteiger partial charge in [0.25, 0.3) is 0 Å². The van der Waals surface area contributed by atoms with Crippen molar-refractivity contribution in [3.8, 4) is 0 Å². The van der Waals surface area contributed by atoms with Crippen LogP contribution in [0.2, 0.25) is 0 Å². The SMILES string of the molecule is CC(C)[C@H]1NC(=O)[C@@H](CSC(c2ccccc2)(c2ccccc2)c2ccccc2)NC(=O)[C@@H](CCCCNC(=O)OC(C)(C)C)NC(=O)C[C@@H](C=CCCSC(c2ccccc2)(c2ccccc2)c2ccccc2)OC(=O)CNC1=O. The molecule has 6 aromatic rings. The zero-order valence-corrected chi connectivity index (χ0v) is 48.4. The van der Waals surface area contributed by atoms with Crippen LogP contribution >= 0.6 is 23.5 Å². The highest BCUT2D eigenvalue weighted by Gasteiger charge is 2.41. The van der Waals surface area contributed by atoms with E-state index >= 15 is 0 Å². The van der Waals surface area contributed by atoms with Crippen molar-refractivity contribution < 1.29 is 38.2 Å². The number of cyclic esters (lactones) is 1. The number of rotatable bonds is 20. The molecular weight excluding hydrogens is 1050 g/mol. The van der Waals surface area contributed by atoms with Crippen LogP contribution in [-0.2, 0) is 42.9 Å². The molecule has 13 nitrogen and oxygen atoms in total. The number of benzene rings is 6. The lowest BCUT2D eigenvalue weighted by atomic mass is 9.84. The van der Waals surface area contributed by atoms with Crippen molar-refractivity contribution in [2.75, 3.05) is 24.6 Å². The molecule has 1 aliphatic rings. The molecule has 5 N–H and O–H groups in total. The summed E-state index contributed by atoms with van der Waals surface area (Å²) in [6, 6.07) is 57.4. The summed E-state index contributed by atoms with van der Waals surface area (Å²) in [5, 5.41) is 14.2. The molecule has 0 spiro atoms. The van der Waals surface area contributed by atoms with Crippen LogP contribution in [0, 0.1) is 5.92 Å². The summed E-state index contributed by atoms with van der Waals surface area (Å²) in [7, 11) is 0. The molecule has 81 heavy (non-hydrogen) atoms. The maximum atomic E-state index is 14.9. The van der Waals surface area contributed by atoms with Gasteiger partial charge in [0.05, 0.1) is 15.9 Å².